The van der Waals surface area contributed by atoms with E-state index < -0.39 is 19.1 Å². The average Bonchev–Trinajstić information content (AvgIpc) is 1.69. The van der Waals surface area contributed by atoms with Gasteiger partial charge in [-0.25, -0.2) is 0 Å². The van der Waals surface area contributed by atoms with E-state index in [1.54, 1.807) is 0 Å². The molecule has 7 heavy (non-hydrogen) atoms. The van der Waals surface area contributed by atoms with E-state index >= 15 is 0 Å². The average molecular weight is 139 g/mol. The van der Waals surface area contributed by atoms with E-state index in [4.69, 9.17) is 11.8 Å². The molecule has 0 aromatic heterocycles. The third-order valence-corrected chi connectivity index (χ3v) is 0.158. The van der Waals surface area contributed by atoms with Gasteiger partial charge < -0.3 is 5.11 Å². The maximum absolute atomic E-state index is 8.50. The topological polar surface area (TPSA) is 54.4 Å². The van der Waals surface area contributed by atoms with E-state index in [-0.39, 0.29) is 6.61 Å². The van der Waals surface area contributed by atoms with Crippen LogP contribution in [-0.2, 0) is 25.7 Å². The van der Waals surface area contributed by atoms with Gasteiger partial charge in [0.05, 0.1) is 0 Å². The second-order valence-electron chi connectivity index (χ2n) is 0.660. The molecule has 0 aliphatic carbocycles. The van der Waals surface area contributed by atoms with Crippen LogP contribution < -0.4 is 0 Å². The van der Waals surface area contributed by atoms with Crippen LogP contribution in [0.4, 0.5) is 0 Å². The number of rotatable bonds is 1. The monoisotopic (exact) mass is 139 g/mol. The van der Waals surface area contributed by atoms with Crippen molar-refractivity contribution in [1.29, 1.82) is 0 Å². The van der Waals surface area contributed by atoms with E-state index in [2.05, 4.69) is 6.92 Å². The fourth-order valence-electron chi connectivity index (χ4n) is 0. The molecule has 0 saturated carbocycles. The van der Waals surface area contributed by atoms with Gasteiger partial charge in [-0.05, 0) is 6.42 Å². The van der Waals surface area contributed by atoms with E-state index in [1.807, 2.05) is 0 Å². The Morgan fingerprint density at radius 3 is 1.71 bits per heavy atom. The van der Waals surface area contributed by atoms with Crippen LogP contribution in [0.25, 0.3) is 0 Å². The summed E-state index contributed by atoms with van der Waals surface area (Å²) in [6.07, 6.45) is 0.625. The van der Waals surface area contributed by atoms with Gasteiger partial charge in [0.15, 0.2) is 0 Å². The van der Waals surface area contributed by atoms with Crippen LogP contribution in [0.2, 0.25) is 0 Å². The predicted molar refractivity (Wildman–Crippen MR) is 18.4 cm³/mol. The van der Waals surface area contributed by atoms with Crippen molar-refractivity contribution in [3.05, 3.63) is 6.92 Å². The second-order valence-corrected chi connectivity index (χ2v) is 0.921. The van der Waals surface area contributed by atoms with Gasteiger partial charge >= 0.3 is 25.7 Å². The molecule has 41 valence electrons. The summed E-state index contributed by atoms with van der Waals surface area (Å²) in [4.78, 5) is 0. The van der Waals surface area contributed by atoms with E-state index in [9.17, 15) is 0 Å². The molecule has 0 rings (SSSR count). The number of aliphatic hydroxyl groups is 1. The van der Waals surface area contributed by atoms with E-state index in [1.165, 1.54) is 0 Å². The van der Waals surface area contributed by atoms with Crippen LogP contribution in [0.5, 0.6) is 0 Å². The summed E-state index contributed by atoms with van der Waals surface area (Å²) in [6.45, 7) is 3.56. The summed E-state index contributed by atoms with van der Waals surface area (Å²) < 4.78 is 17.0. The number of hydrogen-bond acceptors (Lipinski definition) is 3. The first-order valence-electron chi connectivity index (χ1n) is 1.72. The summed E-state index contributed by atoms with van der Waals surface area (Å²) in [5.41, 5.74) is 0. The SMILES string of the molecule is [CH2]CCO.[O]=[Ti]=[O]. The molecule has 0 saturated heterocycles. The molecule has 0 amide bonds. The Hall–Kier alpha value is 0.274. The van der Waals surface area contributed by atoms with Gasteiger partial charge in [0, 0.05) is 6.61 Å². The first-order chi connectivity index (χ1) is 3.33. The Labute approximate surface area is 51.3 Å². The molecule has 0 aromatic rings. The van der Waals surface area contributed by atoms with Crippen molar-refractivity contribution in [2.24, 2.45) is 0 Å². The maximum atomic E-state index is 8.50. The molecule has 1 radical (unpaired) electrons. The van der Waals surface area contributed by atoms with Gasteiger partial charge in [0.25, 0.3) is 0 Å². The summed E-state index contributed by atoms with van der Waals surface area (Å²) in [5, 5.41) is 7.81. The van der Waals surface area contributed by atoms with Crippen molar-refractivity contribution >= 4 is 0 Å². The third kappa shape index (κ3) is 70.6. The first kappa shape index (κ1) is 10.3. The van der Waals surface area contributed by atoms with Gasteiger partial charge in [-0.1, -0.05) is 6.92 Å². The van der Waals surface area contributed by atoms with Crippen molar-refractivity contribution < 1.29 is 30.8 Å². The summed E-state index contributed by atoms with van der Waals surface area (Å²) in [5.74, 6) is 0. The van der Waals surface area contributed by atoms with Gasteiger partial charge in [-0.2, -0.15) is 0 Å². The molecule has 0 aliphatic heterocycles. The molecule has 0 aliphatic rings. The standard InChI is InChI=1S/C3H7O.2O.Ti/c1-2-3-4;;;/h4H,1-3H2;;;. The minimum absolute atomic E-state index is 0.208. The summed E-state index contributed by atoms with van der Waals surface area (Å²) in [7, 11) is 0. The van der Waals surface area contributed by atoms with Crippen molar-refractivity contribution in [3.63, 3.8) is 0 Å². The van der Waals surface area contributed by atoms with Crippen LogP contribution in [0.3, 0.4) is 0 Å². The van der Waals surface area contributed by atoms with Crippen molar-refractivity contribution in [2.75, 3.05) is 6.61 Å². The van der Waals surface area contributed by atoms with Gasteiger partial charge in [0.2, 0.25) is 0 Å². The zero-order chi connectivity index (χ0) is 6.12. The molecule has 0 atom stereocenters. The van der Waals surface area contributed by atoms with Gasteiger partial charge in [-0.3, -0.25) is 0 Å². The van der Waals surface area contributed by atoms with E-state index in [0.29, 0.717) is 6.42 Å². The Bertz CT molecular complexity index is 46.1. The van der Waals surface area contributed by atoms with E-state index in [0.717, 1.165) is 0 Å². The Balaban J connectivity index is 0. The molecule has 0 spiro atoms. The van der Waals surface area contributed by atoms with Crippen LogP contribution in [0.1, 0.15) is 6.42 Å². The number of hydrogen-bond donors (Lipinski definition) is 1. The van der Waals surface area contributed by atoms with Crippen molar-refractivity contribution in [1.82, 2.24) is 0 Å². The molecule has 0 heterocycles. The van der Waals surface area contributed by atoms with Gasteiger partial charge in [0.1, 0.15) is 0 Å². The molecule has 0 bridgehead atoms. The Morgan fingerprint density at radius 2 is 1.71 bits per heavy atom. The fourth-order valence-corrected chi connectivity index (χ4v) is 0. The second kappa shape index (κ2) is 16.3. The minimum atomic E-state index is -2.00. The van der Waals surface area contributed by atoms with Gasteiger partial charge in [-0.15, -0.1) is 0 Å². The predicted octanol–water partition coefficient (Wildman–Crippen LogP) is -0.0372. The molecule has 1 N–H and O–H groups in total. The van der Waals surface area contributed by atoms with Crippen LogP contribution >= 0.6 is 0 Å². The van der Waals surface area contributed by atoms with Crippen LogP contribution in [-0.4, -0.2) is 11.7 Å². The van der Waals surface area contributed by atoms with Crippen LogP contribution in [0.15, 0.2) is 0 Å². The Kier molecular flexibility index (Phi) is 23.9. The fraction of sp³-hybridized carbons (Fsp3) is 0.667. The molecule has 0 aromatic carbocycles. The van der Waals surface area contributed by atoms with Crippen molar-refractivity contribution in [2.45, 2.75) is 6.42 Å². The molecule has 4 heteroatoms. The van der Waals surface area contributed by atoms with Crippen LogP contribution in [0, 0.1) is 6.92 Å². The molecular weight excluding hydrogens is 132 g/mol. The quantitative estimate of drug-likeness (QED) is 0.518. The zero-order valence-electron chi connectivity index (χ0n) is 3.89. The molecular formula is C3H7O3Ti. The third-order valence-electron chi connectivity index (χ3n) is 0.158. The summed E-state index contributed by atoms with van der Waals surface area (Å²) in [6, 6.07) is 0. The Morgan fingerprint density at radius 1 is 1.57 bits per heavy atom. The molecule has 0 fully saturated rings. The first-order valence-corrected chi connectivity index (χ1v) is 3.00. The summed E-state index contributed by atoms with van der Waals surface area (Å²) >= 11 is -2.00. The number of aliphatic hydroxyl groups excluding tert-OH is 1. The zero-order valence-corrected chi connectivity index (χ0v) is 5.45. The normalized spacial score (nSPS) is 5.43. The van der Waals surface area contributed by atoms with Crippen molar-refractivity contribution in [3.8, 4) is 0 Å². The molecule has 3 nitrogen and oxygen atoms in total. The molecule has 0 unspecified atom stereocenters.